The van der Waals surface area contributed by atoms with Crippen molar-refractivity contribution in [3.8, 4) is 17.7 Å². The van der Waals surface area contributed by atoms with E-state index in [2.05, 4.69) is 15.1 Å². The molecule has 0 N–H and O–H groups in total. The Balaban J connectivity index is 1.76. The minimum absolute atomic E-state index is 0.0502. The number of rotatable bonds is 2. The van der Waals surface area contributed by atoms with E-state index in [4.69, 9.17) is 9.26 Å². The molecule has 5 rings (SSSR count). The third kappa shape index (κ3) is 2.20. The normalized spacial score (nSPS) is 16.8. The van der Waals surface area contributed by atoms with Crippen LogP contribution in [0.5, 0.6) is 0 Å². The number of aryl methyl sites for hydroxylation is 1. The molecule has 4 aromatic rings. The highest BCUT2D eigenvalue weighted by molar-refractivity contribution is 5.85. The highest BCUT2D eigenvalue weighted by Gasteiger charge is 2.28. The summed E-state index contributed by atoms with van der Waals surface area (Å²) in [5, 5.41) is 26.1. The molecule has 10 heteroatoms. The lowest BCUT2D eigenvalue weighted by Gasteiger charge is -2.09. The van der Waals surface area contributed by atoms with Gasteiger partial charge in [-0.2, -0.15) is 15.0 Å². The number of benzene rings is 1. The fraction of sp³-hybridized carbons (Fsp3) is 0.278. The summed E-state index contributed by atoms with van der Waals surface area (Å²) >= 11 is 0. The second kappa shape index (κ2) is 5.97. The van der Waals surface area contributed by atoms with Crippen LogP contribution in [-0.4, -0.2) is 32.7 Å². The van der Waals surface area contributed by atoms with Gasteiger partial charge in [0, 0.05) is 19.4 Å². The minimum Gasteiger partial charge on any atom is -0.618 e. The molecule has 28 heavy (non-hydrogen) atoms. The van der Waals surface area contributed by atoms with E-state index >= 15 is 0 Å². The van der Waals surface area contributed by atoms with Crippen LogP contribution in [0.3, 0.4) is 0 Å². The van der Waals surface area contributed by atoms with E-state index < -0.39 is 5.82 Å². The van der Waals surface area contributed by atoms with Gasteiger partial charge in [-0.1, -0.05) is 5.16 Å². The molecule has 1 aliphatic rings. The number of fused-ring (bicyclic) bond motifs is 3. The van der Waals surface area contributed by atoms with Crippen molar-refractivity contribution in [2.45, 2.75) is 19.3 Å². The van der Waals surface area contributed by atoms with E-state index in [1.165, 1.54) is 12.4 Å². The van der Waals surface area contributed by atoms with E-state index in [1.807, 2.05) is 0 Å². The Morgan fingerprint density at radius 3 is 3.04 bits per heavy atom. The van der Waals surface area contributed by atoms with Crippen molar-refractivity contribution in [3.05, 3.63) is 46.6 Å². The lowest BCUT2D eigenvalue weighted by atomic mass is 10.1. The molecule has 3 aromatic heterocycles. The highest BCUT2D eigenvalue weighted by Crippen LogP contribution is 2.30. The smallest absolute Gasteiger partial charge is 0.279 e. The molecule has 1 aliphatic heterocycles. The van der Waals surface area contributed by atoms with Crippen molar-refractivity contribution >= 4 is 16.6 Å². The molecule has 0 amide bonds. The zero-order chi connectivity index (χ0) is 19.4. The third-order valence-corrected chi connectivity index (χ3v) is 5.03. The zero-order valence-corrected chi connectivity index (χ0v) is 14.7. The standard InChI is InChI=1S/C18H13FN6O3/c1-9-15-14(18-22-17(23-28-18)10-4-5-27-7-10)21-8-24(15)13-3-2-12(19)11(6-20)16(13)25(9)26/h2-3,8,10H,4-5,7H2,1H3. The van der Waals surface area contributed by atoms with Gasteiger partial charge in [0.05, 0.1) is 6.61 Å². The first-order valence-electron chi connectivity index (χ1n) is 8.63. The number of halogens is 1. The van der Waals surface area contributed by atoms with Crippen molar-refractivity contribution in [1.29, 1.82) is 5.26 Å². The number of ether oxygens (including phenoxy) is 1. The molecule has 1 fully saturated rings. The van der Waals surface area contributed by atoms with Crippen LogP contribution in [-0.2, 0) is 4.74 Å². The van der Waals surface area contributed by atoms with Crippen LogP contribution in [0.25, 0.3) is 28.1 Å². The van der Waals surface area contributed by atoms with E-state index in [-0.39, 0.29) is 28.6 Å². The van der Waals surface area contributed by atoms with Crippen LogP contribution in [0, 0.1) is 29.3 Å². The quantitative estimate of drug-likeness (QED) is 0.386. The van der Waals surface area contributed by atoms with Gasteiger partial charge >= 0.3 is 0 Å². The van der Waals surface area contributed by atoms with Gasteiger partial charge in [0.15, 0.2) is 17.1 Å². The van der Waals surface area contributed by atoms with Gasteiger partial charge in [-0.25, -0.2) is 9.37 Å². The van der Waals surface area contributed by atoms with Crippen LogP contribution in [0.15, 0.2) is 23.0 Å². The first kappa shape index (κ1) is 16.6. The molecule has 0 saturated carbocycles. The predicted octanol–water partition coefficient (Wildman–Crippen LogP) is 1.99. The summed E-state index contributed by atoms with van der Waals surface area (Å²) in [6.45, 7) is 2.76. The zero-order valence-electron chi connectivity index (χ0n) is 14.7. The molecular weight excluding hydrogens is 367 g/mol. The maximum absolute atomic E-state index is 14.0. The first-order valence-corrected chi connectivity index (χ1v) is 8.63. The lowest BCUT2D eigenvalue weighted by Crippen LogP contribution is -2.33. The molecule has 0 aliphatic carbocycles. The Morgan fingerprint density at radius 1 is 1.43 bits per heavy atom. The van der Waals surface area contributed by atoms with Crippen LogP contribution < -0.4 is 4.73 Å². The molecule has 9 nitrogen and oxygen atoms in total. The second-order valence-electron chi connectivity index (χ2n) is 6.61. The summed E-state index contributed by atoms with van der Waals surface area (Å²) in [6, 6.07) is 4.35. The summed E-state index contributed by atoms with van der Waals surface area (Å²) in [5.41, 5.74) is 1.04. The summed E-state index contributed by atoms with van der Waals surface area (Å²) < 4.78 is 26.9. The van der Waals surface area contributed by atoms with E-state index in [9.17, 15) is 14.9 Å². The molecule has 140 valence electrons. The summed E-state index contributed by atoms with van der Waals surface area (Å²) in [7, 11) is 0. The first-order chi connectivity index (χ1) is 13.6. The predicted molar refractivity (Wildman–Crippen MR) is 92.5 cm³/mol. The fourth-order valence-corrected chi connectivity index (χ4v) is 3.59. The maximum atomic E-state index is 14.0. The van der Waals surface area contributed by atoms with Crippen LogP contribution in [0.1, 0.15) is 29.4 Å². The Morgan fingerprint density at radius 2 is 2.29 bits per heavy atom. The van der Waals surface area contributed by atoms with E-state index in [0.717, 1.165) is 12.5 Å². The second-order valence-corrected chi connectivity index (χ2v) is 6.61. The monoisotopic (exact) mass is 380 g/mol. The van der Waals surface area contributed by atoms with E-state index in [1.54, 1.807) is 17.4 Å². The molecule has 0 radical (unpaired) electrons. The van der Waals surface area contributed by atoms with Crippen LogP contribution in [0.2, 0.25) is 0 Å². The Kier molecular flexibility index (Phi) is 3.53. The summed E-state index contributed by atoms with van der Waals surface area (Å²) in [6.07, 6.45) is 2.30. The average molecular weight is 380 g/mol. The average Bonchev–Trinajstić information content (AvgIpc) is 3.45. The topological polar surface area (TPSA) is 116 Å². The van der Waals surface area contributed by atoms with Gasteiger partial charge in [-0.05, 0) is 18.6 Å². The van der Waals surface area contributed by atoms with Crippen molar-refractivity contribution < 1.29 is 18.4 Å². The SMILES string of the molecule is Cc1c2c(-c3nc(C4CCOC4)no3)ncn2c2ccc(F)c(C#N)c2[n+]1[O-]. The van der Waals surface area contributed by atoms with Crippen molar-refractivity contribution in [3.63, 3.8) is 0 Å². The molecule has 4 heterocycles. The van der Waals surface area contributed by atoms with Gasteiger partial charge in [-0.3, -0.25) is 4.40 Å². The lowest BCUT2D eigenvalue weighted by molar-refractivity contribution is -0.583. The van der Waals surface area contributed by atoms with Gasteiger partial charge in [-0.15, -0.1) is 0 Å². The van der Waals surface area contributed by atoms with Gasteiger partial charge in [0.2, 0.25) is 5.69 Å². The molecule has 1 aromatic carbocycles. The number of hydrogen-bond donors (Lipinski definition) is 0. The third-order valence-electron chi connectivity index (χ3n) is 5.03. The van der Waals surface area contributed by atoms with Crippen LogP contribution in [0.4, 0.5) is 4.39 Å². The van der Waals surface area contributed by atoms with Crippen molar-refractivity contribution in [2.75, 3.05) is 13.2 Å². The van der Waals surface area contributed by atoms with Gasteiger partial charge < -0.3 is 14.5 Å². The highest BCUT2D eigenvalue weighted by atomic mass is 19.1. The molecule has 1 saturated heterocycles. The van der Waals surface area contributed by atoms with E-state index in [0.29, 0.717) is 40.5 Å². The maximum Gasteiger partial charge on any atom is 0.279 e. The Bertz CT molecular complexity index is 1280. The molecule has 1 unspecified atom stereocenters. The van der Waals surface area contributed by atoms with Gasteiger partial charge in [0.1, 0.15) is 29.2 Å². The molecule has 0 bridgehead atoms. The Hall–Kier alpha value is -3.58. The number of nitrogens with zero attached hydrogens (tertiary/aromatic N) is 6. The number of hydrogen-bond acceptors (Lipinski definition) is 7. The number of aromatic nitrogens is 5. The number of imidazole rings is 1. The van der Waals surface area contributed by atoms with Crippen molar-refractivity contribution in [2.24, 2.45) is 0 Å². The molecule has 1 atom stereocenters. The summed E-state index contributed by atoms with van der Waals surface area (Å²) in [4.78, 5) is 8.77. The largest absolute Gasteiger partial charge is 0.618 e. The van der Waals surface area contributed by atoms with Gasteiger partial charge in [0.25, 0.3) is 11.4 Å². The Labute approximate surface area is 157 Å². The number of nitriles is 1. The minimum atomic E-state index is -0.751. The summed E-state index contributed by atoms with van der Waals surface area (Å²) in [5.74, 6) is 0.0447. The molecular formula is C18H13FN6O3. The fourth-order valence-electron chi connectivity index (χ4n) is 3.59. The molecule has 0 spiro atoms. The van der Waals surface area contributed by atoms with Crippen LogP contribution >= 0.6 is 0 Å². The van der Waals surface area contributed by atoms with Crippen molar-refractivity contribution in [1.82, 2.24) is 19.5 Å².